The number of carboxylic acids is 1. The number of carbonyl (C=O) groups excluding carboxylic acids is 1. The van der Waals surface area contributed by atoms with E-state index in [2.05, 4.69) is 0 Å². The van der Waals surface area contributed by atoms with E-state index in [1.807, 2.05) is 18.4 Å². The van der Waals surface area contributed by atoms with Gasteiger partial charge in [0.15, 0.2) is 0 Å². The second-order valence-corrected chi connectivity index (χ2v) is 6.28. The molecule has 0 radical (unpaired) electrons. The Morgan fingerprint density at radius 2 is 2.33 bits per heavy atom. The first-order valence-electron chi connectivity index (χ1n) is 7.11. The molecule has 2 rings (SSSR count). The number of thiophene rings is 1. The zero-order chi connectivity index (χ0) is 15.4. The van der Waals surface area contributed by atoms with E-state index in [4.69, 9.17) is 4.74 Å². The van der Waals surface area contributed by atoms with Crippen LogP contribution < -0.4 is 0 Å². The summed E-state index contributed by atoms with van der Waals surface area (Å²) in [6, 6.07) is 1.59. The predicted octanol–water partition coefficient (Wildman–Crippen LogP) is 2.46. The molecule has 6 heteroatoms. The molecule has 0 aliphatic carbocycles. The van der Waals surface area contributed by atoms with Crippen molar-refractivity contribution in [2.24, 2.45) is 5.92 Å². The number of aliphatic carboxylic acids is 1. The Morgan fingerprint density at radius 1 is 1.57 bits per heavy atom. The lowest BCUT2D eigenvalue weighted by Crippen LogP contribution is -2.40. The maximum atomic E-state index is 12.4. The number of hydrogen-bond acceptors (Lipinski definition) is 4. The first-order valence-corrected chi connectivity index (χ1v) is 7.99. The van der Waals surface area contributed by atoms with Gasteiger partial charge in [0.2, 0.25) is 5.91 Å². The smallest absolute Gasteiger partial charge is 0.308 e. The Morgan fingerprint density at radius 3 is 2.90 bits per heavy atom. The summed E-state index contributed by atoms with van der Waals surface area (Å²) in [5.74, 6) is -1.36. The van der Waals surface area contributed by atoms with Gasteiger partial charge in [-0.3, -0.25) is 9.59 Å². The molecular weight excluding hydrogens is 290 g/mol. The summed E-state index contributed by atoms with van der Waals surface area (Å²) in [4.78, 5) is 26.8. The zero-order valence-electron chi connectivity index (χ0n) is 12.4. The lowest BCUT2D eigenvalue weighted by Gasteiger charge is -2.33. The van der Waals surface area contributed by atoms with E-state index in [9.17, 15) is 14.7 Å². The largest absolute Gasteiger partial charge is 0.481 e. The summed E-state index contributed by atoms with van der Waals surface area (Å²) < 4.78 is 5.09. The summed E-state index contributed by atoms with van der Waals surface area (Å²) in [5, 5.41) is 11.5. The highest BCUT2D eigenvalue weighted by Gasteiger charge is 2.39. The van der Waals surface area contributed by atoms with Gasteiger partial charge in [-0.25, -0.2) is 0 Å². The van der Waals surface area contributed by atoms with Crippen LogP contribution >= 0.6 is 11.3 Å². The van der Waals surface area contributed by atoms with Crippen molar-refractivity contribution >= 4 is 23.2 Å². The molecule has 1 aromatic rings. The Labute approximate surface area is 128 Å². The average molecular weight is 311 g/mol. The fraction of sp³-hybridized carbons (Fsp3) is 0.600. The number of nitrogens with zero attached hydrogens (tertiary/aromatic N) is 1. The van der Waals surface area contributed by atoms with Crippen LogP contribution in [0.4, 0.5) is 0 Å². The highest BCUT2D eigenvalue weighted by molar-refractivity contribution is 7.10. The number of methoxy groups -OCH3 is 1. The monoisotopic (exact) mass is 311 g/mol. The van der Waals surface area contributed by atoms with E-state index >= 15 is 0 Å². The molecular formula is C15H21NO4S. The van der Waals surface area contributed by atoms with Crippen molar-refractivity contribution in [3.05, 3.63) is 21.9 Å². The maximum absolute atomic E-state index is 12.4. The van der Waals surface area contributed by atoms with Crippen LogP contribution in [0.5, 0.6) is 0 Å². The average Bonchev–Trinajstić information content (AvgIpc) is 2.78. The number of aryl methyl sites for hydroxylation is 1. The van der Waals surface area contributed by atoms with Gasteiger partial charge in [-0.2, -0.15) is 0 Å². The van der Waals surface area contributed by atoms with Gasteiger partial charge in [-0.1, -0.05) is 0 Å². The number of ether oxygens (including phenoxy) is 1. The number of carboxylic acid groups (broad SMARTS) is 1. The number of carbonyl (C=O) groups is 2. The maximum Gasteiger partial charge on any atom is 0.308 e. The topological polar surface area (TPSA) is 66.8 Å². The summed E-state index contributed by atoms with van der Waals surface area (Å²) in [5.41, 5.74) is 1.05. The van der Waals surface area contributed by atoms with Crippen molar-refractivity contribution in [2.75, 3.05) is 20.3 Å². The van der Waals surface area contributed by atoms with Crippen molar-refractivity contribution in [1.29, 1.82) is 0 Å². The van der Waals surface area contributed by atoms with Gasteiger partial charge in [0.05, 0.1) is 18.6 Å². The molecule has 0 aromatic carbocycles. The van der Waals surface area contributed by atoms with Crippen LogP contribution in [0.15, 0.2) is 11.4 Å². The predicted molar refractivity (Wildman–Crippen MR) is 80.4 cm³/mol. The van der Waals surface area contributed by atoms with Gasteiger partial charge in [-0.15, -0.1) is 11.3 Å². The fourth-order valence-electron chi connectivity index (χ4n) is 2.87. The molecule has 0 bridgehead atoms. The lowest BCUT2D eigenvalue weighted by molar-refractivity contribution is -0.146. The molecule has 116 valence electrons. The molecule has 1 amide bonds. The molecule has 1 aliphatic rings. The minimum Gasteiger partial charge on any atom is -0.481 e. The molecule has 1 saturated heterocycles. The molecule has 0 saturated carbocycles. The van der Waals surface area contributed by atoms with E-state index in [0.717, 1.165) is 10.4 Å². The Bertz CT molecular complexity index is 514. The number of likely N-dealkylation sites (tertiary alicyclic amines) is 1. The van der Waals surface area contributed by atoms with Gasteiger partial charge >= 0.3 is 5.97 Å². The third-order valence-electron chi connectivity index (χ3n) is 3.97. The standard InChI is InChI=1S/C15H21NO4S/c1-10-6-9-21-14(10)13-11(15(18)19)4-3-5-12(17)16(13)7-8-20-2/h6,9,11,13H,3-5,7-8H2,1-2H3,(H,18,19). The van der Waals surface area contributed by atoms with Crippen molar-refractivity contribution in [1.82, 2.24) is 4.90 Å². The summed E-state index contributed by atoms with van der Waals surface area (Å²) in [6.07, 6.45) is 1.57. The van der Waals surface area contributed by atoms with Crippen molar-refractivity contribution < 1.29 is 19.4 Å². The first kappa shape index (κ1) is 16.0. The van der Waals surface area contributed by atoms with E-state index < -0.39 is 11.9 Å². The van der Waals surface area contributed by atoms with Crippen LogP contribution in [-0.2, 0) is 14.3 Å². The molecule has 1 aliphatic heterocycles. The number of hydrogen-bond donors (Lipinski definition) is 1. The molecule has 1 N–H and O–H groups in total. The molecule has 5 nitrogen and oxygen atoms in total. The third kappa shape index (κ3) is 3.44. The molecule has 0 spiro atoms. The molecule has 2 atom stereocenters. The molecule has 2 heterocycles. The molecule has 21 heavy (non-hydrogen) atoms. The Balaban J connectivity index is 2.41. The lowest BCUT2D eigenvalue weighted by atomic mass is 9.92. The number of rotatable bonds is 5. The molecule has 1 aromatic heterocycles. The highest BCUT2D eigenvalue weighted by atomic mass is 32.1. The van der Waals surface area contributed by atoms with Crippen LogP contribution in [0.1, 0.15) is 35.7 Å². The van der Waals surface area contributed by atoms with Crippen molar-refractivity contribution in [3.63, 3.8) is 0 Å². The highest BCUT2D eigenvalue weighted by Crippen LogP contribution is 2.39. The van der Waals surface area contributed by atoms with Gasteiger partial charge in [0.25, 0.3) is 0 Å². The van der Waals surface area contributed by atoms with Gasteiger partial charge in [-0.05, 0) is 36.8 Å². The second kappa shape index (κ2) is 7.04. The van der Waals surface area contributed by atoms with Crippen molar-refractivity contribution in [3.8, 4) is 0 Å². The minimum atomic E-state index is -0.829. The van der Waals surface area contributed by atoms with E-state index in [1.165, 1.54) is 11.3 Å². The van der Waals surface area contributed by atoms with Crippen LogP contribution in [0.2, 0.25) is 0 Å². The van der Waals surface area contributed by atoms with Crippen LogP contribution in [0.25, 0.3) is 0 Å². The quantitative estimate of drug-likeness (QED) is 0.907. The second-order valence-electron chi connectivity index (χ2n) is 5.33. The van der Waals surface area contributed by atoms with E-state index in [-0.39, 0.29) is 11.9 Å². The molecule has 2 unspecified atom stereocenters. The third-order valence-corrected chi connectivity index (χ3v) is 5.06. The van der Waals surface area contributed by atoms with E-state index in [1.54, 1.807) is 12.0 Å². The van der Waals surface area contributed by atoms with Gasteiger partial charge in [0.1, 0.15) is 0 Å². The summed E-state index contributed by atoms with van der Waals surface area (Å²) in [6.45, 7) is 2.81. The number of amides is 1. The Kier molecular flexibility index (Phi) is 5.36. The normalized spacial score (nSPS) is 23.1. The SMILES string of the molecule is COCCN1C(=O)CCCC(C(=O)O)C1c1sccc1C. The fourth-order valence-corrected chi connectivity index (χ4v) is 3.97. The Hall–Kier alpha value is -1.40. The molecule has 1 fully saturated rings. The van der Waals surface area contributed by atoms with E-state index in [0.29, 0.717) is 32.4 Å². The van der Waals surface area contributed by atoms with Crippen LogP contribution in [0.3, 0.4) is 0 Å². The first-order chi connectivity index (χ1) is 10.1. The van der Waals surface area contributed by atoms with Crippen LogP contribution in [0, 0.1) is 12.8 Å². The van der Waals surface area contributed by atoms with Gasteiger partial charge in [0, 0.05) is 25.0 Å². The summed E-state index contributed by atoms with van der Waals surface area (Å²) >= 11 is 1.53. The van der Waals surface area contributed by atoms with Crippen molar-refractivity contribution in [2.45, 2.75) is 32.2 Å². The summed E-state index contributed by atoms with van der Waals surface area (Å²) in [7, 11) is 1.59. The van der Waals surface area contributed by atoms with Crippen LogP contribution in [-0.4, -0.2) is 42.1 Å². The minimum absolute atomic E-state index is 0.0219. The van der Waals surface area contributed by atoms with Gasteiger partial charge < -0.3 is 14.7 Å². The zero-order valence-corrected chi connectivity index (χ0v) is 13.2.